The second-order valence-electron chi connectivity index (χ2n) is 7.20. The second-order valence-corrected chi connectivity index (χ2v) is 8.55. The van der Waals surface area contributed by atoms with Crippen LogP contribution in [0.3, 0.4) is 0 Å². The van der Waals surface area contributed by atoms with Crippen molar-refractivity contribution in [2.75, 3.05) is 5.75 Å². The van der Waals surface area contributed by atoms with Crippen LogP contribution in [0.1, 0.15) is 22.4 Å². The predicted octanol–water partition coefficient (Wildman–Crippen LogP) is 3.06. The van der Waals surface area contributed by atoms with Gasteiger partial charge in [-0.2, -0.15) is 0 Å². The Morgan fingerprint density at radius 2 is 1.78 bits per heavy atom. The van der Waals surface area contributed by atoms with Gasteiger partial charge in [0.1, 0.15) is 6.54 Å². The molecule has 3 rings (SSSR count). The first kappa shape index (κ1) is 23.8. The van der Waals surface area contributed by atoms with Crippen LogP contribution >= 0.6 is 23.4 Å². The maximum atomic E-state index is 12.5. The van der Waals surface area contributed by atoms with Gasteiger partial charge in [0.05, 0.1) is 24.3 Å². The van der Waals surface area contributed by atoms with Crippen LogP contribution in [-0.4, -0.2) is 32.2 Å². The van der Waals surface area contributed by atoms with Crippen molar-refractivity contribution in [3.63, 3.8) is 0 Å². The third-order valence-corrected chi connectivity index (χ3v) is 6.10. The van der Waals surface area contributed by atoms with Gasteiger partial charge in [0.2, 0.25) is 11.8 Å². The van der Waals surface area contributed by atoms with Crippen LogP contribution in [-0.2, 0) is 35.8 Å². The summed E-state index contributed by atoms with van der Waals surface area (Å²) in [4.78, 5) is 29.0. The van der Waals surface area contributed by atoms with Crippen LogP contribution in [0, 0.1) is 6.92 Å². The molecule has 0 radical (unpaired) electrons. The van der Waals surface area contributed by atoms with Crippen LogP contribution in [0.25, 0.3) is 0 Å². The molecular weight excluding hydrogens is 448 g/mol. The summed E-state index contributed by atoms with van der Waals surface area (Å²) in [6.07, 6.45) is 1.51. The summed E-state index contributed by atoms with van der Waals surface area (Å²) >= 11 is 7.31. The fraction of sp³-hybridized carbons (Fsp3) is 0.261. The highest BCUT2D eigenvalue weighted by molar-refractivity contribution is 7.99. The van der Waals surface area contributed by atoms with Gasteiger partial charge in [-0.3, -0.25) is 9.59 Å². The van der Waals surface area contributed by atoms with Gasteiger partial charge in [0, 0.05) is 18.1 Å². The number of amides is 2. The average molecular weight is 473 g/mol. The van der Waals surface area contributed by atoms with Crippen molar-refractivity contribution in [3.8, 4) is 0 Å². The Balaban J connectivity index is 1.53. The Hall–Kier alpha value is -2.81. The third-order valence-electron chi connectivity index (χ3n) is 4.74. The van der Waals surface area contributed by atoms with Crippen LogP contribution in [0.4, 0.5) is 0 Å². The number of hydrogen-bond acceptors (Lipinski definition) is 5. The molecule has 2 amide bonds. The molecule has 0 aliphatic heterocycles. The summed E-state index contributed by atoms with van der Waals surface area (Å²) in [5, 5.41) is 16.4. The van der Waals surface area contributed by atoms with Crippen molar-refractivity contribution in [3.05, 3.63) is 82.1 Å². The molecule has 9 heteroatoms. The number of rotatable bonds is 10. The summed E-state index contributed by atoms with van der Waals surface area (Å²) in [7, 11) is 0. The van der Waals surface area contributed by atoms with Crippen molar-refractivity contribution in [2.24, 2.45) is 0 Å². The third kappa shape index (κ3) is 6.85. The largest absolute Gasteiger partial charge is 0.390 e. The average Bonchev–Trinajstić information content (AvgIpc) is 3.18. The smallest absolute Gasteiger partial charge is 0.240 e. The molecule has 0 aliphatic carbocycles. The number of aliphatic hydroxyl groups is 1. The standard InChI is InChI=1S/C23H25ClN4O3S/c1-16-6-8-17(9-7-16)10-25-21(30)13-28-19(14-29)12-27-23(28)32-15-22(31)26-11-18-4-2-3-5-20(18)24/h2-9,12,29H,10-11,13-15H2,1H3,(H,25,30)(H,26,31). The predicted molar refractivity (Wildman–Crippen MR) is 125 cm³/mol. The molecule has 0 saturated carbocycles. The van der Waals surface area contributed by atoms with E-state index in [1.165, 1.54) is 18.0 Å². The van der Waals surface area contributed by atoms with Gasteiger partial charge < -0.3 is 20.3 Å². The number of benzene rings is 2. The van der Waals surface area contributed by atoms with Gasteiger partial charge in [-0.05, 0) is 24.1 Å². The molecule has 3 N–H and O–H groups in total. The molecule has 32 heavy (non-hydrogen) atoms. The first-order valence-electron chi connectivity index (χ1n) is 10.1. The van der Waals surface area contributed by atoms with E-state index in [-0.39, 0.29) is 30.7 Å². The maximum Gasteiger partial charge on any atom is 0.240 e. The maximum absolute atomic E-state index is 12.5. The van der Waals surface area contributed by atoms with Gasteiger partial charge in [0.25, 0.3) is 0 Å². The van der Waals surface area contributed by atoms with Crippen LogP contribution in [0.15, 0.2) is 59.9 Å². The Morgan fingerprint density at radius 1 is 1.06 bits per heavy atom. The highest BCUT2D eigenvalue weighted by atomic mass is 35.5. The lowest BCUT2D eigenvalue weighted by molar-refractivity contribution is -0.122. The number of aromatic nitrogens is 2. The van der Waals surface area contributed by atoms with E-state index >= 15 is 0 Å². The first-order chi connectivity index (χ1) is 15.5. The van der Waals surface area contributed by atoms with Crippen LogP contribution in [0.5, 0.6) is 0 Å². The molecule has 168 valence electrons. The van der Waals surface area contributed by atoms with Gasteiger partial charge in [-0.15, -0.1) is 0 Å². The van der Waals surface area contributed by atoms with E-state index < -0.39 is 0 Å². The molecule has 3 aromatic rings. The lowest BCUT2D eigenvalue weighted by Gasteiger charge is -2.12. The summed E-state index contributed by atoms with van der Waals surface area (Å²) in [6, 6.07) is 15.2. The van der Waals surface area contributed by atoms with Crippen molar-refractivity contribution < 1.29 is 14.7 Å². The molecule has 0 saturated heterocycles. The zero-order valence-electron chi connectivity index (χ0n) is 17.7. The highest BCUT2D eigenvalue weighted by Gasteiger charge is 2.15. The van der Waals surface area contributed by atoms with E-state index in [4.69, 9.17) is 11.6 Å². The van der Waals surface area contributed by atoms with E-state index in [1.807, 2.05) is 49.4 Å². The minimum atomic E-state index is -0.252. The van der Waals surface area contributed by atoms with E-state index in [2.05, 4.69) is 15.6 Å². The molecule has 0 fully saturated rings. The second kappa shape index (κ2) is 11.7. The minimum Gasteiger partial charge on any atom is -0.390 e. The lowest BCUT2D eigenvalue weighted by atomic mass is 10.1. The molecular formula is C23H25ClN4O3S. The number of carbonyl (C=O) groups excluding carboxylic acids is 2. The fourth-order valence-corrected chi connectivity index (χ4v) is 3.95. The zero-order valence-corrected chi connectivity index (χ0v) is 19.2. The number of carbonyl (C=O) groups is 2. The van der Waals surface area contributed by atoms with Crippen molar-refractivity contribution in [1.29, 1.82) is 0 Å². The van der Waals surface area contributed by atoms with Crippen molar-refractivity contribution >= 4 is 35.2 Å². The van der Waals surface area contributed by atoms with Gasteiger partial charge >= 0.3 is 0 Å². The number of nitrogens with zero attached hydrogens (tertiary/aromatic N) is 2. The monoisotopic (exact) mass is 472 g/mol. The SMILES string of the molecule is Cc1ccc(CNC(=O)Cn2c(CO)cnc2SCC(=O)NCc2ccccc2Cl)cc1. The number of aryl methyl sites for hydroxylation is 1. The Labute approximate surface area is 196 Å². The topological polar surface area (TPSA) is 96.2 Å². The summed E-state index contributed by atoms with van der Waals surface area (Å²) in [5.41, 5.74) is 3.50. The lowest BCUT2D eigenvalue weighted by Crippen LogP contribution is -2.28. The Bertz CT molecular complexity index is 1070. The van der Waals surface area contributed by atoms with E-state index in [9.17, 15) is 14.7 Å². The number of nitrogens with one attached hydrogen (secondary N) is 2. The zero-order chi connectivity index (χ0) is 22.9. The minimum absolute atomic E-state index is 0.00529. The fourth-order valence-electron chi connectivity index (χ4n) is 2.93. The summed E-state index contributed by atoms with van der Waals surface area (Å²) < 4.78 is 1.62. The molecule has 0 aliphatic rings. The van der Waals surface area contributed by atoms with E-state index in [0.717, 1.165) is 16.7 Å². The van der Waals surface area contributed by atoms with Crippen molar-refractivity contribution in [1.82, 2.24) is 20.2 Å². The van der Waals surface area contributed by atoms with Gasteiger partial charge in [0.15, 0.2) is 5.16 Å². The molecule has 1 aromatic heterocycles. The van der Waals surface area contributed by atoms with Crippen LogP contribution in [0.2, 0.25) is 5.02 Å². The van der Waals surface area contributed by atoms with E-state index in [0.29, 0.717) is 29.0 Å². The number of thioether (sulfide) groups is 1. The molecule has 1 heterocycles. The summed E-state index contributed by atoms with van der Waals surface area (Å²) in [6.45, 7) is 2.50. The van der Waals surface area contributed by atoms with Crippen LogP contribution < -0.4 is 10.6 Å². The normalized spacial score (nSPS) is 10.7. The number of imidazole rings is 1. The molecule has 0 unspecified atom stereocenters. The molecule has 0 atom stereocenters. The van der Waals surface area contributed by atoms with Gasteiger partial charge in [-0.25, -0.2) is 4.98 Å². The highest BCUT2D eigenvalue weighted by Crippen LogP contribution is 2.19. The molecule has 0 bridgehead atoms. The molecule has 2 aromatic carbocycles. The Kier molecular flexibility index (Phi) is 8.72. The number of hydrogen-bond donors (Lipinski definition) is 3. The molecule has 0 spiro atoms. The Morgan fingerprint density at radius 3 is 2.50 bits per heavy atom. The first-order valence-corrected chi connectivity index (χ1v) is 11.4. The molecule has 7 nitrogen and oxygen atoms in total. The summed E-state index contributed by atoms with van der Waals surface area (Å²) in [5.74, 6) is -0.265. The number of aliphatic hydroxyl groups excluding tert-OH is 1. The van der Waals surface area contributed by atoms with E-state index in [1.54, 1.807) is 10.6 Å². The quantitative estimate of drug-likeness (QED) is 0.394. The van der Waals surface area contributed by atoms with Crippen molar-refractivity contribution in [2.45, 2.75) is 38.3 Å². The number of halogens is 1. The van der Waals surface area contributed by atoms with Gasteiger partial charge in [-0.1, -0.05) is 71.4 Å².